The standard InChI is InChI=1S/C32H35F3N6O2S/c1-31(2,3)44(42)40-28(32(33,34)35)22-13-9-14-24(18-22)38-29-27-26(41(39-29)25-15-8-7-12-23(25)19-36)16-17-37-30(27)43-20-21-10-5-4-6-11-21/h4-6,9-11,13-14,16-18,23,25,28,40H,7-8,12,15,20H2,1-3H3,(H,38,39)/t23-,25+,28+,44-/m1/s1. The van der Waals surface area contributed by atoms with Gasteiger partial charge in [-0.1, -0.05) is 55.3 Å². The summed E-state index contributed by atoms with van der Waals surface area (Å²) in [6.07, 6.45) is 0.397. The van der Waals surface area contributed by atoms with Gasteiger partial charge in [0.25, 0.3) is 0 Å². The summed E-state index contributed by atoms with van der Waals surface area (Å²) < 4.78 is 64.6. The molecule has 0 amide bonds. The van der Waals surface area contributed by atoms with Crippen LogP contribution in [0, 0.1) is 17.2 Å². The normalized spacial score (nSPS) is 18.9. The van der Waals surface area contributed by atoms with Gasteiger partial charge >= 0.3 is 6.18 Å². The third kappa shape index (κ3) is 7.12. The van der Waals surface area contributed by atoms with Crippen LogP contribution in [-0.2, 0) is 18.0 Å². The van der Waals surface area contributed by atoms with E-state index in [-0.39, 0.29) is 24.1 Å². The van der Waals surface area contributed by atoms with E-state index >= 15 is 0 Å². The molecule has 0 saturated heterocycles. The number of nitrogens with zero attached hydrogens (tertiary/aromatic N) is 4. The van der Waals surface area contributed by atoms with Gasteiger partial charge in [-0.05, 0) is 62.9 Å². The first kappa shape index (κ1) is 31.6. The fourth-order valence-electron chi connectivity index (χ4n) is 5.33. The summed E-state index contributed by atoms with van der Waals surface area (Å²) in [6, 6.07) is 17.4. The Hall–Kier alpha value is -3.79. The molecular weight excluding hydrogens is 589 g/mol. The van der Waals surface area contributed by atoms with Gasteiger partial charge in [0.05, 0.1) is 23.5 Å². The molecule has 2 aromatic heterocycles. The number of alkyl halides is 3. The molecule has 0 unspecified atom stereocenters. The van der Waals surface area contributed by atoms with Gasteiger partial charge in [-0.15, -0.1) is 4.72 Å². The number of benzene rings is 2. The number of aromatic nitrogens is 3. The molecule has 4 aromatic rings. The Morgan fingerprint density at radius 2 is 1.84 bits per heavy atom. The quantitative estimate of drug-likeness (QED) is 0.184. The molecule has 4 atom stereocenters. The molecule has 44 heavy (non-hydrogen) atoms. The number of nitrogens with one attached hydrogen (secondary N) is 2. The number of hydrogen-bond acceptors (Lipinski definition) is 7. The van der Waals surface area contributed by atoms with Crippen LogP contribution < -0.4 is 14.8 Å². The predicted octanol–water partition coefficient (Wildman–Crippen LogP) is 7.66. The zero-order valence-electron chi connectivity index (χ0n) is 24.8. The maximum atomic E-state index is 14.2. The van der Waals surface area contributed by atoms with Crippen LogP contribution in [0.15, 0.2) is 66.9 Å². The van der Waals surface area contributed by atoms with Crippen LogP contribution in [-0.4, -0.2) is 30.2 Å². The number of fused-ring (bicyclic) bond motifs is 1. The minimum absolute atomic E-state index is 0.0978. The first-order valence-electron chi connectivity index (χ1n) is 14.5. The van der Waals surface area contributed by atoms with Crippen molar-refractivity contribution < 1.29 is 22.5 Å². The Labute approximate surface area is 257 Å². The monoisotopic (exact) mass is 624 g/mol. The van der Waals surface area contributed by atoms with E-state index in [0.29, 0.717) is 28.3 Å². The number of pyridine rings is 1. The van der Waals surface area contributed by atoms with Crippen LogP contribution in [0.5, 0.6) is 5.88 Å². The minimum Gasteiger partial charge on any atom is -0.598 e. The average molecular weight is 625 g/mol. The van der Waals surface area contributed by atoms with E-state index < -0.39 is 28.3 Å². The van der Waals surface area contributed by atoms with Crippen molar-refractivity contribution in [1.29, 1.82) is 5.26 Å². The van der Waals surface area contributed by atoms with Crippen molar-refractivity contribution in [1.82, 2.24) is 19.5 Å². The lowest BCUT2D eigenvalue weighted by molar-refractivity contribution is -0.153. The highest BCUT2D eigenvalue weighted by molar-refractivity contribution is 7.90. The molecule has 2 N–H and O–H groups in total. The first-order valence-corrected chi connectivity index (χ1v) is 15.7. The van der Waals surface area contributed by atoms with Crippen molar-refractivity contribution in [3.05, 3.63) is 78.0 Å². The Balaban J connectivity index is 1.54. The van der Waals surface area contributed by atoms with Crippen molar-refractivity contribution in [2.24, 2.45) is 5.92 Å². The molecule has 0 aliphatic heterocycles. The molecule has 0 spiro atoms. The highest BCUT2D eigenvalue weighted by atomic mass is 32.2. The number of rotatable bonds is 9. The van der Waals surface area contributed by atoms with Crippen LogP contribution in [0.3, 0.4) is 0 Å². The fourth-order valence-corrected chi connectivity index (χ4v) is 6.17. The summed E-state index contributed by atoms with van der Waals surface area (Å²) in [5, 5.41) is 18.5. The summed E-state index contributed by atoms with van der Waals surface area (Å²) >= 11 is -1.96. The third-order valence-electron chi connectivity index (χ3n) is 7.60. The highest BCUT2D eigenvalue weighted by Crippen LogP contribution is 2.41. The summed E-state index contributed by atoms with van der Waals surface area (Å²) in [4.78, 5) is 4.48. The second-order valence-corrected chi connectivity index (χ2v) is 13.9. The molecule has 1 saturated carbocycles. The lowest BCUT2D eigenvalue weighted by Crippen LogP contribution is -2.45. The lowest BCUT2D eigenvalue weighted by atomic mass is 9.85. The maximum Gasteiger partial charge on any atom is 0.412 e. The van der Waals surface area contributed by atoms with Gasteiger partial charge in [0.15, 0.2) is 11.9 Å². The average Bonchev–Trinajstić information content (AvgIpc) is 3.36. The molecule has 0 bridgehead atoms. The first-order chi connectivity index (χ1) is 21.0. The number of anilines is 2. The SMILES string of the molecule is CC(C)(C)[S@@+]([O-])N[C@@H](c1cccc(Nc2nn([C@H]3CCCC[C@@H]3C#N)c3ccnc(OCc4ccccc4)c23)c1)C(F)(F)F. The molecular formula is C32H35F3N6O2S. The van der Waals surface area contributed by atoms with Crippen molar-refractivity contribution >= 4 is 33.8 Å². The molecule has 12 heteroatoms. The zero-order valence-corrected chi connectivity index (χ0v) is 25.6. The van der Waals surface area contributed by atoms with Gasteiger partial charge in [0.2, 0.25) is 5.88 Å². The topological polar surface area (TPSA) is 111 Å². The molecule has 2 aromatic carbocycles. The van der Waals surface area contributed by atoms with Crippen molar-refractivity contribution in [3.8, 4) is 11.9 Å². The van der Waals surface area contributed by atoms with Crippen LogP contribution >= 0.6 is 0 Å². The molecule has 1 fully saturated rings. The van der Waals surface area contributed by atoms with Gasteiger partial charge in [-0.2, -0.15) is 23.5 Å². The number of ether oxygens (including phenoxy) is 1. The lowest BCUT2D eigenvalue weighted by Gasteiger charge is -2.29. The van der Waals surface area contributed by atoms with Crippen molar-refractivity contribution in [2.45, 2.75) is 76.1 Å². The Morgan fingerprint density at radius 1 is 1.09 bits per heavy atom. The van der Waals surface area contributed by atoms with E-state index in [2.05, 4.69) is 21.1 Å². The maximum absolute atomic E-state index is 14.2. The Morgan fingerprint density at radius 3 is 2.55 bits per heavy atom. The highest BCUT2D eigenvalue weighted by Gasteiger charge is 2.45. The zero-order chi connectivity index (χ0) is 31.5. The molecule has 2 heterocycles. The molecule has 1 aliphatic rings. The number of hydrogen-bond donors (Lipinski definition) is 2. The summed E-state index contributed by atoms with van der Waals surface area (Å²) in [5.41, 5.74) is 1.91. The second kappa shape index (κ2) is 13.1. The molecule has 1 aliphatic carbocycles. The summed E-state index contributed by atoms with van der Waals surface area (Å²) in [5.74, 6) is 0.438. The van der Waals surface area contributed by atoms with Crippen LogP contribution in [0.1, 0.15) is 69.7 Å². The molecule has 5 rings (SSSR count). The van der Waals surface area contributed by atoms with Crippen molar-refractivity contribution in [2.75, 3.05) is 5.32 Å². The largest absolute Gasteiger partial charge is 0.598 e. The fraction of sp³-hybridized carbons (Fsp3) is 0.406. The third-order valence-corrected chi connectivity index (χ3v) is 9.17. The number of nitriles is 1. The van der Waals surface area contributed by atoms with Crippen LogP contribution in [0.25, 0.3) is 10.9 Å². The van der Waals surface area contributed by atoms with Gasteiger partial charge in [0, 0.05) is 23.2 Å². The van der Waals surface area contributed by atoms with Crippen molar-refractivity contribution in [3.63, 3.8) is 0 Å². The summed E-state index contributed by atoms with van der Waals surface area (Å²) in [6.45, 7) is 5.08. The Bertz CT molecular complexity index is 1620. The van der Waals surface area contributed by atoms with Crippen LogP contribution in [0.2, 0.25) is 0 Å². The van der Waals surface area contributed by atoms with E-state index in [4.69, 9.17) is 9.84 Å². The summed E-state index contributed by atoms with van der Waals surface area (Å²) in [7, 11) is 0. The number of halogens is 3. The van der Waals surface area contributed by atoms with Gasteiger partial charge in [-0.25, -0.2) is 4.98 Å². The van der Waals surface area contributed by atoms with Gasteiger partial charge < -0.3 is 14.6 Å². The van der Waals surface area contributed by atoms with E-state index in [1.165, 1.54) is 18.2 Å². The van der Waals surface area contributed by atoms with Gasteiger partial charge in [-0.3, -0.25) is 4.68 Å². The smallest absolute Gasteiger partial charge is 0.412 e. The Kier molecular flexibility index (Phi) is 9.39. The van der Waals surface area contributed by atoms with E-state index in [1.807, 2.05) is 41.1 Å². The van der Waals surface area contributed by atoms with Gasteiger partial charge in [0.1, 0.15) is 16.7 Å². The second-order valence-electron chi connectivity index (χ2n) is 11.9. The van der Waals surface area contributed by atoms with E-state index in [9.17, 15) is 23.0 Å². The van der Waals surface area contributed by atoms with E-state index in [1.54, 1.807) is 33.0 Å². The molecule has 232 valence electrons. The van der Waals surface area contributed by atoms with E-state index in [0.717, 1.165) is 31.2 Å². The predicted molar refractivity (Wildman–Crippen MR) is 164 cm³/mol. The molecule has 0 radical (unpaired) electrons. The van der Waals surface area contributed by atoms with Crippen LogP contribution in [0.4, 0.5) is 24.7 Å². The minimum atomic E-state index is -4.69. The molecule has 8 nitrogen and oxygen atoms in total.